The van der Waals surface area contributed by atoms with E-state index in [0.717, 1.165) is 41.6 Å². The Morgan fingerprint density at radius 3 is 3.05 bits per heavy atom. The fourth-order valence-corrected chi connectivity index (χ4v) is 2.98. The second-order valence-electron chi connectivity index (χ2n) is 5.70. The number of amides is 1. The molecule has 116 valence electrons. The first-order valence-electron chi connectivity index (χ1n) is 7.84. The molecule has 3 rings (SSSR count). The maximum Gasteiger partial charge on any atom is 0.246 e. The Bertz CT molecular complexity index is 701. The molecule has 1 aromatic heterocycles. The zero-order valence-corrected chi connectivity index (χ0v) is 12.8. The van der Waals surface area contributed by atoms with Gasteiger partial charge in [-0.1, -0.05) is 25.1 Å². The van der Waals surface area contributed by atoms with Crippen LogP contribution in [-0.4, -0.2) is 35.1 Å². The Morgan fingerprint density at radius 2 is 2.27 bits per heavy atom. The van der Waals surface area contributed by atoms with Crippen molar-refractivity contribution in [2.24, 2.45) is 0 Å². The molecule has 1 amide bonds. The number of aliphatic hydroxyl groups is 1. The maximum absolute atomic E-state index is 12.3. The number of carbonyl (C=O) groups excluding carboxylic acids is 1. The second kappa shape index (κ2) is 6.36. The smallest absolute Gasteiger partial charge is 0.246 e. The Kier molecular flexibility index (Phi) is 4.29. The summed E-state index contributed by atoms with van der Waals surface area (Å²) in [6.07, 6.45) is 5.45. The predicted molar refractivity (Wildman–Crippen MR) is 86.4 cm³/mol. The molecular formula is C18H21NO3. The van der Waals surface area contributed by atoms with E-state index in [1.807, 2.05) is 37.3 Å². The van der Waals surface area contributed by atoms with Crippen molar-refractivity contribution in [1.82, 2.24) is 4.90 Å². The lowest BCUT2D eigenvalue weighted by Crippen LogP contribution is -2.41. The summed E-state index contributed by atoms with van der Waals surface area (Å²) in [5.41, 5.74) is 1.82. The van der Waals surface area contributed by atoms with E-state index in [4.69, 9.17) is 4.42 Å². The van der Waals surface area contributed by atoms with Gasteiger partial charge in [-0.25, -0.2) is 0 Å². The number of β-amino-alcohol motifs (C(OH)–C–C–N with tert-alkyl or cyclic N) is 1. The third-order valence-corrected chi connectivity index (χ3v) is 4.13. The fourth-order valence-electron chi connectivity index (χ4n) is 2.98. The molecule has 0 aliphatic carbocycles. The Labute approximate surface area is 130 Å². The fraction of sp³-hybridized carbons (Fsp3) is 0.389. The molecule has 1 unspecified atom stereocenters. The number of aliphatic hydroxyl groups excluding tert-OH is 1. The van der Waals surface area contributed by atoms with Crippen LogP contribution in [0, 0.1) is 0 Å². The van der Waals surface area contributed by atoms with E-state index in [0.29, 0.717) is 13.1 Å². The minimum absolute atomic E-state index is 0.0499. The third kappa shape index (κ3) is 2.92. The first-order valence-corrected chi connectivity index (χ1v) is 7.84. The highest BCUT2D eigenvalue weighted by Crippen LogP contribution is 2.27. The summed E-state index contributed by atoms with van der Waals surface area (Å²) in [5, 5.41) is 10.7. The van der Waals surface area contributed by atoms with Crippen LogP contribution in [0.3, 0.4) is 0 Å². The van der Waals surface area contributed by atoms with Crippen LogP contribution in [-0.2, 0) is 11.2 Å². The van der Waals surface area contributed by atoms with E-state index in [-0.39, 0.29) is 5.91 Å². The van der Waals surface area contributed by atoms with Crippen LogP contribution in [0.2, 0.25) is 0 Å². The van der Waals surface area contributed by atoms with Gasteiger partial charge in [-0.05, 0) is 25.0 Å². The number of benzene rings is 1. The minimum atomic E-state index is -0.396. The van der Waals surface area contributed by atoms with Crippen molar-refractivity contribution in [3.05, 3.63) is 41.7 Å². The average Bonchev–Trinajstić information content (AvgIpc) is 2.90. The van der Waals surface area contributed by atoms with Gasteiger partial charge in [0, 0.05) is 36.5 Å². The van der Waals surface area contributed by atoms with Crippen molar-refractivity contribution in [2.45, 2.75) is 32.3 Å². The minimum Gasteiger partial charge on any atom is -0.460 e. The zero-order valence-electron chi connectivity index (χ0n) is 12.8. The molecular weight excluding hydrogens is 278 g/mol. The molecule has 4 heteroatoms. The molecule has 0 radical (unpaired) electrons. The van der Waals surface area contributed by atoms with Crippen molar-refractivity contribution in [1.29, 1.82) is 0 Å². The van der Waals surface area contributed by atoms with Gasteiger partial charge in [0.2, 0.25) is 5.91 Å². The van der Waals surface area contributed by atoms with Gasteiger partial charge in [0.15, 0.2) is 0 Å². The summed E-state index contributed by atoms with van der Waals surface area (Å²) < 4.78 is 5.83. The molecule has 2 aromatic rings. The largest absolute Gasteiger partial charge is 0.460 e. The van der Waals surface area contributed by atoms with E-state index in [2.05, 4.69) is 0 Å². The van der Waals surface area contributed by atoms with Crippen molar-refractivity contribution < 1.29 is 14.3 Å². The Hall–Kier alpha value is -2.07. The lowest BCUT2D eigenvalue weighted by molar-refractivity contribution is -0.128. The molecule has 0 spiro atoms. The number of rotatable bonds is 3. The number of furan rings is 1. The first-order chi connectivity index (χ1) is 10.7. The number of carbonyl (C=O) groups is 1. The Morgan fingerprint density at radius 1 is 1.45 bits per heavy atom. The van der Waals surface area contributed by atoms with Gasteiger partial charge < -0.3 is 14.4 Å². The summed E-state index contributed by atoms with van der Waals surface area (Å²) in [6.45, 7) is 3.18. The van der Waals surface area contributed by atoms with Crippen molar-refractivity contribution in [3.8, 4) is 0 Å². The van der Waals surface area contributed by atoms with Gasteiger partial charge in [0.1, 0.15) is 11.3 Å². The Balaban J connectivity index is 1.84. The van der Waals surface area contributed by atoms with E-state index in [9.17, 15) is 9.90 Å². The standard InChI is InChI=1S/C18H21NO3/c1-2-16-15(14-7-3-4-8-17(14)22-16)9-10-18(21)19-11-5-6-13(20)12-19/h3-4,7-10,13,20H,2,5-6,11-12H2,1H3. The number of fused-ring (bicyclic) bond motifs is 1. The molecule has 2 heterocycles. The summed E-state index contributed by atoms with van der Waals surface area (Å²) in [7, 11) is 0. The lowest BCUT2D eigenvalue weighted by atomic mass is 10.1. The molecule has 0 saturated carbocycles. The van der Waals surface area contributed by atoms with Crippen LogP contribution < -0.4 is 0 Å². The molecule has 22 heavy (non-hydrogen) atoms. The number of likely N-dealkylation sites (tertiary alicyclic amines) is 1. The average molecular weight is 299 g/mol. The molecule has 1 saturated heterocycles. The molecule has 1 N–H and O–H groups in total. The normalized spacial score (nSPS) is 19.2. The highest BCUT2D eigenvalue weighted by molar-refractivity contribution is 5.96. The molecule has 1 aliphatic rings. The van der Waals surface area contributed by atoms with Crippen LogP contribution in [0.15, 0.2) is 34.8 Å². The van der Waals surface area contributed by atoms with Gasteiger partial charge in [-0.3, -0.25) is 4.79 Å². The monoisotopic (exact) mass is 299 g/mol. The van der Waals surface area contributed by atoms with Crippen LogP contribution in [0.1, 0.15) is 31.1 Å². The van der Waals surface area contributed by atoms with E-state index >= 15 is 0 Å². The predicted octanol–water partition coefficient (Wildman–Crippen LogP) is 2.99. The maximum atomic E-state index is 12.3. The molecule has 0 bridgehead atoms. The van der Waals surface area contributed by atoms with Crippen molar-refractivity contribution >= 4 is 23.0 Å². The molecule has 1 aliphatic heterocycles. The van der Waals surface area contributed by atoms with Gasteiger partial charge in [0.25, 0.3) is 0 Å². The zero-order chi connectivity index (χ0) is 15.5. The van der Waals surface area contributed by atoms with E-state index < -0.39 is 6.10 Å². The number of hydrogen-bond donors (Lipinski definition) is 1. The summed E-state index contributed by atoms with van der Waals surface area (Å²) in [6, 6.07) is 7.86. The molecule has 1 aromatic carbocycles. The number of hydrogen-bond acceptors (Lipinski definition) is 3. The first kappa shape index (κ1) is 14.9. The highest BCUT2D eigenvalue weighted by atomic mass is 16.3. The second-order valence-corrected chi connectivity index (χ2v) is 5.70. The summed E-state index contributed by atoms with van der Waals surface area (Å²) in [4.78, 5) is 14.0. The van der Waals surface area contributed by atoms with E-state index in [1.165, 1.54) is 0 Å². The molecule has 1 fully saturated rings. The number of nitrogens with zero attached hydrogens (tertiary/aromatic N) is 1. The van der Waals surface area contributed by atoms with E-state index in [1.54, 1.807) is 11.0 Å². The molecule has 4 nitrogen and oxygen atoms in total. The van der Waals surface area contributed by atoms with Gasteiger partial charge in [-0.2, -0.15) is 0 Å². The lowest BCUT2D eigenvalue weighted by Gasteiger charge is -2.29. The number of aryl methyl sites for hydroxylation is 1. The summed E-state index contributed by atoms with van der Waals surface area (Å²) >= 11 is 0. The van der Waals surface area contributed by atoms with Gasteiger partial charge in [0.05, 0.1) is 6.10 Å². The quantitative estimate of drug-likeness (QED) is 0.886. The van der Waals surface area contributed by atoms with Crippen LogP contribution in [0.25, 0.3) is 17.0 Å². The third-order valence-electron chi connectivity index (χ3n) is 4.13. The van der Waals surface area contributed by atoms with Crippen molar-refractivity contribution in [2.75, 3.05) is 13.1 Å². The van der Waals surface area contributed by atoms with Crippen molar-refractivity contribution in [3.63, 3.8) is 0 Å². The number of piperidine rings is 1. The highest BCUT2D eigenvalue weighted by Gasteiger charge is 2.20. The summed E-state index contributed by atoms with van der Waals surface area (Å²) in [5.74, 6) is 0.843. The van der Waals surface area contributed by atoms with Gasteiger partial charge in [-0.15, -0.1) is 0 Å². The van der Waals surface area contributed by atoms with Crippen LogP contribution >= 0.6 is 0 Å². The SMILES string of the molecule is CCc1oc2ccccc2c1C=CC(=O)N1CCCC(O)C1. The topological polar surface area (TPSA) is 53.7 Å². The van der Waals surface area contributed by atoms with Gasteiger partial charge >= 0.3 is 0 Å². The molecule has 1 atom stereocenters. The van der Waals surface area contributed by atoms with Crippen LogP contribution in [0.5, 0.6) is 0 Å². The van der Waals surface area contributed by atoms with Crippen LogP contribution in [0.4, 0.5) is 0 Å². The number of para-hydroxylation sites is 1.